The average molecular weight is 470 g/mol. The SMILES string of the molecule is COc1ccccc1[C@H]1c2[nH]c3ccccc3c2C[C@H]2C(=O)N(Cc3ccc(F)cc3)CC(=O)N12. The standard InChI is InChI=1S/C28H24FN3O3/c1-35-24-9-5-3-7-20(24)27-26-21(19-6-2-4-8-22(19)30-26)14-23-28(34)31(16-25(33)32(23)27)15-17-10-12-18(29)13-11-17/h2-13,23,27,30H,14-16H2,1H3/t23-,27-/m0/s1. The van der Waals surface area contributed by atoms with E-state index in [1.165, 1.54) is 12.1 Å². The Hall–Kier alpha value is -4.13. The molecule has 0 aliphatic carbocycles. The lowest BCUT2D eigenvalue weighted by Crippen LogP contribution is -2.62. The monoisotopic (exact) mass is 469 g/mol. The van der Waals surface area contributed by atoms with Crippen molar-refractivity contribution in [3.63, 3.8) is 0 Å². The zero-order chi connectivity index (χ0) is 24.1. The molecule has 7 heteroatoms. The minimum absolute atomic E-state index is 0.0338. The lowest BCUT2D eigenvalue weighted by Gasteiger charge is -2.47. The van der Waals surface area contributed by atoms with Crippen LogP contribution >= 0.6 is 0 Å². The fourth-order valence-corrected chi connectivity index (χ4v) is 5.48. The molecule has 0 bridgehead atoms. The normalized spacial score (nSPS) is 19.6. The minimum Gasteiger partial charge on any atom is -0.496 e. The third-order valence-corrected chi connectivity index (χ3v) is 7.06. The van der Waals surface area contributed by atoms with E-state index in [-0.39, 0.29) is 30.7 Å². The van der Waals surface area contributed by atoms with Crippen molar-refractivity contribution in [1.29, 1.82) is 0 Å². The zero-order valence-electron chi connectivity index (χ0n) is 19.2. The first-order valence-electron chi connectivity index (χ1n) is 11.6. The number of para-hydroxylation sites is 2. The number of benzene rings is 3. The van der Waals surface area contributed by atoms with Crippen LogP contribution in [0.25, 0.3) is 10.9 Å². The number of rotatable bonds is 4. The number of amides is 2. The predicted octanol–water partition coefficient (Wildman–Crippen LogP) is 4.20. The molecule has 0 radical (unpaired) electrons. The van der Waals surface area contributed by atoms with E-state index in [2.05, 4.69) is 4.98 Å². The molecule has 1 saturated heterocycles. The van der Waals surface area contributed by atoms with E-state index in [9.17, 15) is 14.0 Å². The Morgan fingerprint density at radius 1 is 1.00 bits per heavy atom. The fourth-order valence-electron chi connectivity index (χ4n) is 5.48. The molecule has 3 aromatic carbocycles. The van der Waals surface area contributed by atoms with Crippen LogP contribution in [0.1, 0.15) is 28.4 Å². The van der Waals surface area contributed by atoms with Gasteiger partial charge in [-0.05, 0) is 35.4 Å². The molecule has 2 aliphatic heterocycles. The molecule has 1 aromatic heterocycles. The van der Waals surface area contributed by atoms with Gasteiger partial charge in [0, 0.05) is 35.1 Å². The van der Waals surface area contributed by atoms with Gasteiger partial charge in [0.15, 0.2) is 0 Å². The molecule has 6 rings (SSSR count). The number of nitrogens with zero attached hydrogens (tertiary/aromatic N) is 2. The number of fused-ring (bicyclic) bond motifs is 4. The van der Waals surface area contributed by atoms with Gasteiger partial charge in [0.05, 0.1) is 7.11 Å². The molecule has 0 spiro atoms. The smallest absolute Gasteiger partial charge is 0.246 e. The van der Waals surface area contributed by atoms with E-state index >= 15 is 0 Å². The van der Waals surface area contributed by atoms with Crippen molar-refractivity contribution in [2.45, 2.75) is 25.0 Å². The fraction of sp³-hybridized carbons (Fsp3) is 0.214. The first kappa shape index (κ1) is 21.4. The number of hydrogen-bond donors (Lipinski definition) is 1. The van der Waals surface area contributed by atoms with Gasteiger partial charge >= 0.3 is 0 Å². The number of halogens is 1. The Morgan fingerprint density at radius 3 is 2.54 bits per heavy atom. The maximum atomic E-state index is 13.8. The predicted molar refractivity (Wildman–Crippen MR) is 129 cm³/mol. The summed E-state index contributed by atoms with van der Waals surface area (Å²) in [5.41, 5.74) is 4.55. The number of aromatic amines is 1. The van der Waals surface area contributed by atoms with Crippen molar-refractivity contribution in [3.05, 3.63) is 101 Å². The van der Waals surface area contributed by atoms with E-state index in [0.717, 1.165) is 33.3 Å². The van der Waals surface area contributed by atoms with Gasteiger partial charge in [-0.1, -0.05) is 48.5 Å². The van der Waals surface area contributed by atoms with Crippen LogP contribution in [0.2, 0.25) is 0 Å². The maximum absolute atomic E-state index is 13.8. The highest BCUT2D eigenvalue weighted by Gasteiger charge is 2.48. The highest BCUT2D eigenvalue weighted by Crippen LogP contribution is 2.44. The molecule has 4 aromatic rings. The number of methoxy groups -OCH3 is 1. The Morgan fingerprint density at radius 2 is 1.74 bits per heavy atom. The van der Waals surface area contributed by atoms with E-state index in [1.807, 2.05) is 48.5 Å². The van der Waals surface area contributed by atoms with E-state index < -0.39 is 12.1 Å². The van der Waals surface area contributed by atoms with Gasteiger partial charge in [-0.3, -0.25) is 9.59 Å². The van der Waals surface area contributed by atoms with Crippen LogP contribution in [-0.4, -0.2) is 46.3 Å². The summed E-state index contributed by atoms with van der Waals surface area (Å²) in [5.74, 6) is 0.0955. The van der Waals surface area contributed by atoms with Gasteiger partial charge in [0.2, 0.25) is 11.8 Å². The molecule has 0 unspecified atom stereocenters. The Kier molecular flexibility index (Phi) is 5.06. The third-order valence-electron chi connectivity index (χ3n) is 7.06. The number of carbonyl (C=O) groups is 2. The first-order chi connectivity index (χ1) is 17.0. The van der Waals surface area contributed by atoms with Crippen LogP contribution in [0.4, 0.5) is 4.39 Å². The number of hydrogen-bond acceptors (Lipinski definition) is 3. The molecule has 0 saturated carbocycles. The van der Waals surface area contributed by atoms with Crippen LogP contribution in [-0.2, 0) is 22.6 Å². The van der Waals surface area contributed by atoms with Crippen LogP contribution in [0.3, 0.4) is 0 Å². The maximum Gasteiger partial charge on any atom is 0.246 e. The van der Waals surface area contributed by atoms with Gasteiger partial charge < -0.3 is 19.5 Å². The second-order valence-electron chi connectivity index (χ2n) is 9.05. The van der Waals surface area contributed by atoms with Gasteiger partial charge in [0.25, 0.3) is 0 Å². The molecular formula is C28H24FN3O3. The van der Waals surface area contributed by atoms with Gasteiger partial charge in [-0.25, -0.2) is 4.39 Å². The van der Waals surface area contributed by atoms with Crippen molar-refractivity contribution in [3.8, 4) is 5.75 Å². The Balaban J connectivity index is 1.47. The summed E-state index contributed by atoms with van der Waals surface area (Å²) in [7, 11) is 1.61. The summed E-state index contributed by atoms with van der Waals surface area (Å²) in [6.45, 7) is 0.225. The number of H-pyrrole nitrogens is 1. The molecule has 2 atom stereocenters. The van der Waals surface area contributed by atoms with E-state index in [1.54, 1.807) is 29.0 Å². The second-order valence-corrected chi connectivity index (χ2v) is 9.05. The third kappa shape index (κ3) is 3.46. The second kappa shape index (κ2) is 8.27. The Bertz CT molecular complexity index is 1450. The molecule has 2 amide bonds. The van der Waals surface area contributed by atoms with Gasteiger partial charge in [-0.2, -0.15) is 0 Å². The Labute approximate surface area is 201 Å². The highest BCUT2D eigenvalue weighted by atomic mass is 19.1. The molecular weight excluding hydrogens is 445 g/mol. The average Bonchev–Trinajstić information content (AvgIpc) is 3.25. The summed E-state index contributed by atoms with van der Waals surface area (Å²) in [6, 6.07) is 20.6. The van der Waals surface area contributed by atoms with Crippen LogP contribution < -0.4 is 4.74 Å². The molecule has 1 fully saturated rings. The number of piperazine rings is 1. The minimum atomic E-state index is -0.640. The summed E-state index contributed by atoms with van der Waals surface area (Å²) in [5, 5.41) is 1.05. The van der Waals surface area contributed by atoms with Crippen LogP contribution in [0.5, 0.6) is 5.75 Å². The van der Waals surface area contributed by atoms with Crippen molar-refractivity contribution < 1.29 is 18.7 Å². The quantitative estimate of drug-likeness (QED) is 0.487. The number of aromatic nitrogens is 1. The highest BCUT2D eigenvalue weighted by molar-refractivity contribution is 5.97. The van der Waals surface area contributed by atoms with Crippen molar-refractivity contribution in [1.82, 2.24) is 14.8 Å². The first-order valence-corrected chi connectivity index (χ1v) is 11.6. The summed E-state index contributed by atoms with van der Waals surface area (Å²) in [4.78, 5) is 34.3. The van der Waals surface area contributed by atoms with Crippen molar-refractivity contribution in [2.75, 3.05) is 13.7 Å². The van der Waals surface area contributed by atoms with Crippen molar-refractivity contribution in [2.24, 2.45) is 0 Å². The molecule has 6 nitrogen and oxygen atoms in total. The largest absolute Gasteiger partial charge is 0.496 e. The number of carbonyl (C=O) groups excluding carboxylic acids is 2. The summed E-state index contributed by atoms with van der Waals surface area (Å²) >= 11 is 0. The van der Waals surface area contributed by atoms with Crippen molar-refractivity contribution >= 4 is 22.7 Å². The molecule has 2 aliphatic rings. The lowest BCUT2D eigenvalue weighted by atomic mass is 9.86. The molecule has 3 heterocycles. The van der Waals surface area contributed by atoms with Gasteiger partial charge in [0.1, 0.15) is 30.2 Å². The van der Waals surface area contributed by atoms with Crippen LogP contribution in [0.15, 0.2) is 72.8 Å². The van der Waals surface area contributed by atoms with E-state index in [0.29, 0.717) is 12.2 Å². The topological polar surface area (TPSA) is 65.6 Å². The number of nitrogens with one attached hydrogen (secondary N) is 1. The molecule has 35 heavy (non-hydrogen) atoms. The lowest BCUT2D eigenvalue weighted by molar-refractivity contribution is -0.159. The molecule has 1 N–H and O–H groups in total. The summed E-state index contributed by atoms with van der Waals surface area (Å²) < 4.78 is 19.0. The molecule has 176 valence electrons. The van der Waals surface area contributed by atoms with Crippen LogP contribution in [0, 0.1) is 5.82 Å². The van der Waals surface area contributed by atoms with E-state index in [4.69, 9.17) is 4.74 Å². The zero-order valence-corrected chi connectivity index (χ0v) is 19.2. The van der Waals surface area contributed by atoms with Gasteiger partial charge in [-0.15, -0.1) is 0 Å². The number of ether oxygens (including phenoxy) is 1. The summed E-state index contributed by atoms with van der Waals surface area (Å²) in [6.07, 6.45) is 0.426.